The van der Waals surface area contributed by atoms with Crippen molar-refractivity contribution in [3.05, 3.63) is 47.6 Å². The standard InChI is InChI=1S/C20H22N4O3/c25-18(4-2-14-1-3-16-17(11-14)27-13-26-16)24-9-6-20(7-10-24)19-15(5-8-23-20)21-12-22-19/h1-4,11-12,23H,5-10,13H2,(H,21,22)/p+1/b4-2+. The van der Waals surface area contributed by atoms with Crippen LogP contribution in [-0.4, -0.2) is 47.2 Å². The molecule has 0 atom stereocenters. The predicted octanol–water partition coefficient (Wildman–Crippen LogP) is 0.789. The molecule has 1 amide bonds. The number of hydrogen-bond acceptors (Lipinski definition) is 4. The highest BCUT2D eigenvalue weighted by atomic mass is 16.7. The molecule has 0 saturated carbocycles. The maximum atomic E-state index is 12.6. The number of aromatic amines is 1. The van der Waals surface area contributed by atoms with Crippen LogP contribution < -0.4 is 14.8 Å². The number of amides is 1. The predicted molar refractivity (Wildman–Crippen MR) is 98.2 cm³/mol. The van der Waals surface area contributed by atoms with Gasteiger partial charge in [-0.25, -0.2) is 4.98 Å². The van der Waals surface area contributed by atoms with E-state index in [9.17, 15) is 4.79 Å². The first-order valence-corrected chi connectivity index (χ1v) is 9.47. The molecule has 7 heteroatoms. The van der Waals surface area contributed by atoms with Gasteiger partial charge in [-0.05, 0) is 23.8 Å². The van der Waals surface area contributed by atoms with Crippen LogP contribution in [0.3, 0.4) is 0 Å². The van der Waals surface area contributed by atoms with Crippen LogP contribution in [0.25, 0.3) is 6.08 Å². The lowest BCUT2D eigenvalue weighted by atomic mass is 9.80. The zero-order valence-electron chi connectivity index (χ0n) is 15.1. The van der Waals surface area contributed by atoms with Gasteiger partial charge >= 0.3 is 0 Å². The largest absolute Gasteiger partial charge is 0.454 e. The Morgan fingerprint density at radius 3 is 3.00 bits per heavy atom. The molecule has 0 aliphatic carbocycles. The van der Waals surface area contributed by atoms with Crippen molar-refractivity contribution in [3.63, 3.8) is 0 Å². The molecule has 1 saturated heterocycles. The molecule has 3 aliphatic rings. The number of ether oxygens (including phenoxy) is 2. The van der Waals surface area contributed by atoms with Gasteiger partial charge in [0.25, 0.3) is 0 Å². The number of quaternary nitrogens is 1. The highest BCUT2D eigenvalue weighted by molar-refractivity contribution is 5.92. The van der Waals surface area contributed by atoms with Crippen molar-refractivity contribution in [1.82, 2.24) is 14.9 Å². The van der Waals surface area contributed by atoms with E-state index in [1.807, 2.05) is 29.2 Å². The Bertz CT molecular complexity index is 896. The van der Waals surface area contributed by atoms with Crippen LogP contribution in [0.2, 0.25) is 0 Å². The van der Waals surface area contributed by atoms with E-state index in [1.54, 1.807) is 12.4 Å². The van der Waals surface area contributed by atoms with Crippen molar-refractivity contribution in [2.24, 2.45) is 0 Å². The highest BCUT2D eigenvalue weighted by Gasteiger charge is 2.45. The normalized spacial score (nSPS) is 20.2. The second kappa shape index (κ2) is 6.42. The summed E-state index contributed by atoms with van der Waals surface area (Å²) in [6.45, 7) is 2.85. The summed E-state index contributed by atoms with van der Waals surface area (Å²) >= 11 is 0. The minimum Gasteiger partial charge on any atom is -0.454 e. The van der Waals surface area contributed by atoms with E-state index < -0.39 is 0 Å². The average Bonchev–Trinajstić information content (AvgIpc) is 3.36. The number of rotatable bonds is 2. The van der Waals surface area contributed by atoms with Gasteiger partial charge in [-0.15, -0.1) is 0 Å². The van der Waals surface area contributed by atoms with Gasteiger partial charge < -0.3 is 24.7 Å². The summed E-state index contributed by atoms with van der Waals surface area (Å²) in [6, 6.07) is 5.70. The number of benzene rings is 1. The molecule has 0 unspecified atom stereocenters. The van der Waals surface area contributed by atoms with Gasteiger partial charge in [-0.3, -0.25) is 4.79 Å². The van der Waals surface area contributed by atoms with Crippen LogP contribution in [0.4, 0.5) is 0 Å². The number of nitrogens with zero attached hydrogens (tertiary/aromatic N) is 2. The van der Waals surface area contributed by atoms with Crippen molar-refractivity contribution in [3.8, 4) is 11.5 Å². The van der Waals surface area contributed by atoms with Crippen LogP contribution in [-0.2, 0) is 16.8 Å². The molecule has 1 fully saturated rings. The zero-order chi connectivity index (χ0) is 18.3. The third kappa shape index (κ3) is 2.88. The maximum Gasteiger partial charge on any atom is 0.246 e. The number of piperidine rings is 1. The van der Waals surface area contributed by atoms with Crippen LogP contribution in [0.5, 0.6) is 11.5 Å². The third-order valence-electron chi connectivity index (χ3n) is 5.90. The Kier molecular flexibility index (Phi) is 3.89. The highest BCUT2D eigenvalue weighted by Crippen LogP contribution is 2.33. The Hall–Kier alpha value is -2.80. The molecular weight excluding hydrogens is 344 g/mol. The molecule has 1 aromatic carbocycles. The number of hydrogen-bond donors (Lipinski definition) is 2. The Labute approximate surface area is 157 Å². The van der Waals surface area contributed by atoms with E-state index in [-0.39, 0.29) is 18.2 Å². The average molecular weight is 367 g/mol. The van der Waals surface area contributed by atoms with Crippen LogP contribution in [0, 0.1) is 0 Å². The van der Waals surface area contributed by atoms with Gasteiger partial charge in [-0.1, -0.05) is 6.07 Å². The second-order valence-electron chi connectivity index (χ2n) is 7.40. The van der Waals surface area contributed by atoms with Gasteiger partial charge in [-0.2, -0.15) is 0 Å². The van der Waals surface area contributed by atoms with Crippen molar-refractivity contribution in [2.75, 3.05) is 26.4 Å². The molecule has 7 nitrogen and oxygen atoms in total. The summed E-state index contributed by atoms with van der Waals surface area (Å²) in [6.07, 6.45) is 8.21. The number of H-pyrrole nitrogens is 1. The van der Waals surface area contributed by atoms with Crippen molar-refractivity contribution >= 4 is 12.0 Å². The molecule has 3 N–H and O–H groups in total. The minimum absolute atomic E-state index is 0.0331. The molecule has 27 heavy (non-hydrogen) atoms. The molecule has 0 bridgehead atoms. The number of fused-ring (bicyclic) bond motifs is 3. The van der Waals surface area contributed by atoms with Crippen molar-refractivity contribution < 1.29 is 19.6 Å². The van der Waals surface area contributed by atoms with Crippen molar-refractivity contribution in [1.29, 1.82) is 0 Å². The van der Waals surface area contributed by atoms with E-state index >= 15 is 0 Å². The number of imidazole rings is 1. The van der Waals surface area contributed by atoms with E-state index in [1.165, 1.54) is 11.4 Å². The fraction of sp³-hybridized carbons (Fsp3) is 0.400. The molecule has 5 rings (SSSR count). The lowest BCUT2D eigenvalue weighted by Gasteiger charge is -2.40. The van der Waals surface area contributed by atoms with E-state index in [4.69, 9.17) is 9.47 Å². The Balaban J connectivity index is 1.24. The maximum absolute atomic E-state index is 12.6. The Morgan fingerprint density at radius 2 is 2.11 bits per heavy atom. The molecule has 1 spiro atoms. The fourth-order valence-corrected chi connectivity index (χ4v) is 4.39. The summed E-state index contributed by atoms with van der Waals surface area (Å²) in [7, 11) is 0. The molecular formula is C20H23N4O3+. The van der Waals surface area contributed by atoms with E-state index in [0.29, 0.717) is 0 Å². The number of carbonyl (C=O) groups excluding carboxylic acids is 1. The second-order valence-corrected chi connectivity index (χ2v) is 7.40. The zero-order valence-corrected chi connectivity index (χ0v) is 15.1. The van der Waals surface area contributed by atoms with Gasteiger partial charge in [0.2, 0.25) is 12.7 Å². The molecule has 2 aromatic rings. The van der Waals surface area contributed by atoms with Gasteiger partial charge in [0.15, 0.2) is 11.5 Å². The molecule has 140 valence electrons. The summed E-state index contributed by atoms with van der Waals surface area (Å²) in [5, 5.41) is 2.42. The van der Waals surface area contributed by atoms with Crippen LogP contribution in [0.15, 0.2) is 30.6 Å². The first-order valence-electron chi connectivity index (χ1n) is 9.47. The lowest BCUT2D eigenvalue weighted by molar-refractivity contribution is -0.743. The first kappa shape index (κ1) is 16.4. The fourth-order valence-electron chi connectivity index (χ4n) is 4.39. The van der Waals surface area contributed by atoms with E-state index in [0.717, 1.165) is 56.0 Å². The van der Waals surface area contributed by atoms with E-state index in [2.05, 4.69) is 15.3 Å². The number of nitrogens with two attached hydrogens (primary N) is 1. The number of nitrogens with one attached hydrogen (secondary N) is 1. The number of likely N-dealkylation sites (tertiary alicyclic amines) is 1. The summed E-state index contributed by atoms with van der Waals surface area (Å²) in [4.78, 5) is 22.4. The molecule has 4 heterocycles. The van der Waals surface area contributed by atoms with Gasteiger partial charge in [0.1, 0.15) is 11.2 Å². The Morgan fingerprint density at radius 1 is 1.26 bits per heavy atom. The molecule has 1 aromatic heterocycles. The minimum atomic E-state index is 0.0331. The summed E-state index contributed by atoms with van der Waals surface area (Å²) < 4.78 is 10.7. The van der Waals surface area contributed by atoms with Crippen LogP contribution in [0.1, 0.15) is 29.8 Å². The molecule has 0 radical (unpaired) electrons. The first-order chi connectivity index (χ1) is 13.2. The van der Waals surface area contributed by atoms with Crippen LogP contribution >= 0.6 is 0 Å². The molecule has 3 aliphatic heterocycles. The van der Waals surface area contributed by atoms with Gasteiger partial charge in [0, 0.05) is 44.1 Å². The van der Waals surface area contributed by atoms with Gasteiger partial charge in [0.05, 0.1) is 12.9 Å². The SMILES string of the molecule is O=C(/C=C/c1ccc2c(c1)OCO2)N1CCC2(CC1)[NH2+]CCc1[nH]cnc12. The topological polar surface area (TPSA) is 84.1 Å². The van der Waals surface area contributed by atoms with Crippen molar-refractivity contribution in [2.45, 2.75) is 24.8 Å². The summed E-state index contributed by atoms with van der Waals surface area (Å²) in [5.74, 6) is 1.54. The number of aromatic nitrogens is 2. The lowest BCUT2D eigenvalue weighted by Crippen LogP contribution is -2.97. The number of carbonyl (C=O) groups is 1. The summed E-state index contributed by atoms with van der Waals surface area (Å²) in [5.41, 5.74) is 3.42. The monoisotopic (exact) mass is 367 g/mol. The third-order valence-corrected chi connectivity index (χ3v) is 5.90. The smallest absolute Gasteiger partial charge is 0.246 e. The quantitative estimate of drug-likeness (QED) is 0.769.